The van der Waals surface area contributed by atoms with Crippen LogP contribution in [0, 0.1) is 5.82 Å². The molecule has 0 saturated carbocycles. The van der Waals surface area contributed by atoms with Crippen molar-refractivity contribution in [2.24, 2.45) is 5.73 Å². The molecule has 0 saturated heterocycles. The number of rotatable bonds is 7. The summed E-state index contributed by atoms with van der Waals surface area (Å²) in [6.45, 7) is 2.21. The van der Waals surface area contributed by atoms with Gasteiger partial charge in [-0.15, -0.1) is 0 Å². The van der Waals surface area contributed by atoms with Crippen LogP contribution in [0.25, 0.3) is 0 Å². The lowest BCUT2D eigenvalue weighted by molar-refractivity contribution is 0.173. The van der Waals surface area contributed by atoms with Gasteiger partial charge in [-0.25, -0.2) is 17.5 Å². The fraction of sp³-hybridized carbons (Fsp3) is 0.500. The third-order valence-electron chi connectivity index (χ3n) is 2.70. The minimum Gasteiger partial charge on any atom is -0.383 e. The molecule has 5 nitrogen and oxygen atoms in total. The number of hydrogen-bond donors (Lipinski definition) is 2. The molecule has 1 unspecified atom stereocenters. The van der Waals surface area contributed by atoms with E-state index in [1.165, 1.54) is 19.2 Å². The van der Waals surface area contributed by atoms with Crippen LogP contribution in [-0.4, -0.2) is 28.2 Å². The van der Waals surface area contributed by atoms with Crippen LogP contribution >= 0.6 is 0 Å². The molecule has 19 heavy (non-hydrogen) atoms. The maximum Gasteiger partial charge on any atom is 0.243 e. The van der Waals surface area contributed by atoms with E-state index >= 15 is 0 Å². The van der Waals surface area contributed by atoms with E-state index in [4.69, 9.17) is 10.5 Å². The van der Waals surface area contributed by atoms with E-state index in [2.05, 4.69) is 4.72 Å². The van der Waals surface area contributed by atoms with Crippen molar-refractivity contribution in [2.75, 3.05) is 13.7 Å². The van der Waals surface area contributed by atoms with Gasteiger partial charge in [0.25, 0.3) is 0 Å². The summed E-state index contributed by atoms with van der Waals surface area (Å²) in [5, 5.41) is 0. The predicted molar refractivity (Wildman–Crippen MR) is 70.6 cm³/mol. The van der Waals surface area contributed by atoms with Crippen LogP contribution in [0.15, 0.2) is 23.1 Å². The molecule has 0 bridgehead atoms. The summed E-state index contributed by atoms with van der Waals surface area (Å²) in [5.41, 5.74) is 5.91. The number of nitrogens with two attached hydrogens (primary N) is 1. The second-order valence-electron chi connectivity index (χ2n) is 4.15. The van der Waals surface area contributed by atoms with E-state index in [0.717, 1.165) is 6.07 Å². The highest BCUT2D eigenvalue weighted by molar-refractivity contribution is 7.89. The van der Waals surface area contributed by atoms with E-state index in [-0.39, 0.29) is 24.1 Å². The summed E-state index contributed by atoms with van der Waals surface area (Å²) < 4.78 is 45.2. The van der Waals surface area contributed by atoms with Crippen LogP contribution in [0.2, 0.25) is 0 Å². The highest BCUT2D eigenvalue weighted by Crippen LogP contribution is 2.16. The number of halogens is 1. The minimum atomic E-state index is -3.90. The van der Waals surface area contributed by atoms with E-state index in [1.807, 2.05) is 6.92 Å². The average Bonchev–Trinajstić information content (AvgIpc) is 2.37. The van der Waals surface area contributed by atoms with Crippen LogP contribution in [0.5, 0.6) is 0 Å². The zero-order valence-corrected chi connectivity index (χ0v) is 11.8. The molecule has 108 valence electrons. The zero-order valence-electron chi connectivity index (χ0n) is 11.0. The molecule has 0 aliphatic rings. The van der Waals surface area contributed by atoms with Gasteiger partial charge in [-0.05, 0) is 24.1 Å². The number of sulfonamides is 1. The first-order valence-corrected chi connectivity index (χ1v) is 7.42. The molecule has 0 amide bonds. The fourth-order valence-corrected chi connectivity index (χ4v) is 2.97. The molecule has 0 aliphatic heterocycles. The Morgan fingerprint density at radius 3 is 2.63 bits per heavy atom. The summed E-state index contributed by atoms with van der Waals surface area (Å²) >= 11 is 0. The summed E-state index contributed by atoms with van der Waals surface area (Å²) in [6, 6.07) is 3.46. The van der Waals surface area contributed by atoms with Crippen molar-refractivity contribution in [2.45, 2.75) is 30.8 Å². The van der Waals surface area contributed by atoms with Gasteiger partial charge in [-0.3, -0.25) is 0 Å². The molecular formula is C12H19FN2O3S. The molecule has 7 heteroatoms. The maximum atomic E-state index is 13.8. The van der Waals surface area contributed by atoms with Crippen LogP contribution in [-0.2, 0) is 21.3 Å². The summed E-state index contributed by atoms with van der Waals surface area (Å²) in [4.78, 5) is -0.376. The lowest BCUT2D eigenvalue weighted by atomic mass is 10.2. The Morgan fingerprint density at radius 2 is 2.16 bits per heavy atom. The molecule has 0 spiro atoms. The highest BCUT2D eigenvalue weighted by Gasteiger charge is 2.22. The second kappa shape index (κ2) is 6.95. The monoisotopic (exact) mass is 290 g/mol. The molecule has 1 atom stereocenters. The molecular weight excluding hydrogens is 271 g/mol. The van der Waals surface area contributed by atoms with E-state index in [1.54, 1.807) is 0 Å². The lowest BCUT2D eigenvalue weighted by Crippen LogP contribution is -2.37. The van der Waals surface area contributed by atoms with Crippen molar-refractivity contribution in [3.05, 3.63) is 29.6 Å². The Kier molecular flexibility index (Phi) is 5.86. The number of nitrogens with one attached hydrogen (secondary N) is 1. The molecule has 0 aliphatic carbocycles. The van der Waals surface area contributed by atoms with Gasteiger partial charge in [0.1, 0.15) is 10.7 Å². The van der Waals surface area contributed by atoms with Gasteiger partial charge < -0.3 is 10.5 Å². The fourth-order valence-electron chi connectivity index (χ4n) is 1.61. The van der Waals surface area contributed by atoms with Crippen molar-refractivity contribution >= 4 is 10.0 Å². The number of hydrogen-bond acceptors (Lipinski definition) is 4. The van der Waals surface area contributed by atoms with Crippen molar-refractivity contribution in [3.63, 3.8) is 0 Å². The van der Waals surface area contributed by atoms with Gasteiger partial charge in [0.2, 0.25) is 10.0 Å². The average molecular weight is 290 g/mol. The maximum absolute atomic E-state index is 13.8. The van der Waals surface area contributed by atoms with Gasteiger partial charge >= 0.3 is 0 Å². The van der Waals surface area contributed by atoms with Gasteiger partial charge in [-0.2, -0.15) is 0 Å². The van der Waals surface area contributed by atoms with Gasteiger partial charge in [-0.1, -0.05) is 13.0 Å². The first-order valence-electron chi connectivity index (χ1n) is 5.94. The van der Waals surface area contributed by atoms with Crippen molar-refractivity contribution in [1.82, 2.24) is 4.72 Å². The Hall–Kier alpha value is -1.02. The Morgan fingerprint density at radius 1 is 1.47 bits per heavy atom. The first-order chi connectivity index (χ1) is 8.94. The Labute approximate surface area is 113 Å². The smallest absolute Gasteiger partial charge is 0.243 e. The first kappa shape index (κ1) is 16.0. The van der Waals surface area contributed by atoms with E-state index in [0.29, 0.717) is 12.0 Å². The third kappa shape index (κ3) is 4.24. The van der Waals surface area contributed by atoms with Crippen LogP contribution in [0.1, 0.15) is 18.9 Å². The summed E-state index contributed by atoms with van der Waals surface area (Å²) in [7, 11) is -2.42. The number of benzene rings is 1. The zero-order chi connectivity index (χ0) is 14.5. The van der Waals surface area contributed by atoms with Gasteiger partial charge in [0, 0.05) is 19.7 Å². The van der Waals surface area contributed by atoms with Crippen LogP contribution in [0.4, 0.5) is 4.39 Å². The molecule has 3 N–H and O–H groups in total. The molecule has 1 aromatic rings. The molecule has 0 aromatic heterocycles. The second-order valence-corrected chi connectivity index (χ2v) is 5.83. The van der Waals surface area contributed by atoms with Crippen molar-refractivity contribution in [3.8, 4) is 0 Å². The lowest BCUT2D eigenvalue weighted by Gasteiger charge is -2.16. The standard InChI is InChI=1S/C12H19FN2O3S/c1-3-10(8-18-2)15-19(16,17)12-5-4-9(7-14)6-11(12)13/h4-6,10,15H,3,7-8,14H2,1-2H3. The molecule has 0 fully saturated rings. The quantitative estimate of drug-likeness (QED) is 0.784. The predicted octanol–water partition coefficient (Wildman–Crippen LogP) is 0.988. The topological polar surface area (TPSA) is 81.4 Å². The van der Waals surface area contributed by atoms with Gasteiger partial charge in [0.05, 0.1) is 6.61 Å². The van der Waals surface area contributed by atoms with E-state index < -0.39 is 15.8 Å². The molecule has 1 rings (SSSR count). The largest absolute Gasteiger partial charge is 0.383 e. The summed E-state index contributed by atoms with van der Waals surface area (Å²) in [6.07, 6.45) is 0.551. The van der Waals surface area contributed by atoms with Gasteiger partial charge in [0.15, 0.2) is 0 Å². The van der Waals surface area contributed by atoms with Crippen LogP contribution < -0.4 is 10.5 Å². The van der Waals surface area contributed by atoms with Crippen molar-refractivity contribution in [1.29, 1.82) is 0 Å². The summed E-state index contributed by atoms with van der Waals surface area (Å²) in [5.74, 6) is -0.803. The SMILES string of the molecule is CCC(COC)NS(=O)(=O)c1ccc(CN)cc1F. The third-order valence-corrected chi connectivity index (χ3v) is 4.26. The Balaban J connectivity index is 3.00. The van der Waals surface area contributed by atoms with Crippen LogP contribution in [0.3, 0.4) is 0 Å². The Bertz CT molecular complexity index is 520. The number of methoxy groups -OCH3 is 1. The molecule has 0 radical (unpaired) electrons. The van der Waals surface area contributed by atoms with Crippen molar-refractivity contribution < 1.29 is 17.5 Å². The number of ether oxygens (including phenoxy) is 1. The normalized spacial score (nSPS) is 13.5. The van der Waals surface area contributed by atoms with E-state index in [9.17, 15) is 12.8 Å². The molecule has 1 aromatic carbocycles. The molecule has 0 heterocycles. The highest BCUT2D eigenvalue weighted by atomic mass is 32.2. The minimum absolute atomic E-state index is 0.159.